The van der Waals surface area contributed by atoms with Gasteiger partial charge in [-0.3, -0.25) is 0 Å². The van der Waals surface area contributed by atoms with Crippen molar-refractivity contribution in [2.45, 2.75) is 6.04 Å². The molecule has 7 heteroatoms. The van der Waals surface area contributed by atoms with Crippen LogP contribution in [0, 0.1) is 0 Å². The first-order valence-corrected chi connectivity index (χ1v) is 6.64. The number of anilines is 2. The predicted molar refractivity (Wildman–Crippen MR) is 78.7 cm³/mol. The highest BCUT2D eigenvalue weighted by molar-refractivity contribution is 5.93. The molecule has 0 aromatic heterocycles. The Morgan fingerprint density at radius 3 is 2.86 bits per heavy atom. The van der Waals surface area contributed by atoms with Crippen LogP contribution in [0.2, 0.25) is 0 Å². The predicted octanol–water partition coefficient (Wildman–Crippen LogP) is 1.07. The van der Waals surface area contributed by atoms with E-state index in [-0.39, 0.29) is 13.2 Å². The van der Waals surface area contributed by atoms with Gasteiger partial charge in [0.05, 0.1) is 13.2 Å². The van der Waals surface area contributed by atoms with Crippen LogP contribution in [0.1, 0.15) is 0 Å². The Hall–Kier alpha value is -2.28. The summed E-state index contributed by atoms with van der Waals surface area (Å²) in [5.41, 5.74) is 1.58. The van der Waals surface area contributed by atoms with E-state index in [9.17, 15) is 9.59 Å². The monoisotopic (exact) mass is 293 g/mol. The molecule has 21 heavy (non-hydrogen) atoms. The third kappa shape index (κ3) is 3.63. The molecule has 1 aromatic rings. The van der Waals surface area contributed by atoms with E-state index in [0.29, 0.717) is 12.3 Å². The van der Waals surface area contributed by atoms with Gasteiger partial charge in [-0.05, 0) is 18.2 Å². The van der Waals surface area contributed by atoms with Gasteiger partial charge in [0.2, 0.25) is 0 Å². The number of carbonyl (C=O) groups is 2. The Balaban J connectivity index is 2.09. The van der Waals surface area contributed by atoms with Crippen molar-refractivity contribution in [1.29, 1.82) is 0 Å². The second kappa shape index (κ2) is 6.45. The number of aliphatic carboxylic acids is 1. The van der Waals surface area contributed by atoms with Gasteiger partial charge in [0.15, 0.2) is 6.04 Å². The zero-order chi connectivity index (χ0) is 15.4. The molecule has 114 valence electrons. The van der Waals surface area contributed by atoms with Crippen molar-refractivity contribution in [2.75, 3.05) is 44.1 Å². The number of carboxylic acids is 1. The van der Waals surface area contributed by atoms with E-state index in [1.54, 1.807) is 6.07 Å². The highest BCUT2D eigenvalue weighted by atomic mass is 16.5. The zero-order valence-electron chi connectivity index (χ0n) is 12.1. The van der Waals surface area contributed by atoms with E-state index in [2.05, 4.69) is 5.32 Å². The van der Waals surface area contributed by atoms with E-state index in [0.717, 1.165) is 5.69 Å². The van der Waals surface area contributed by atoms with Crippen LogP contribution in [0.3, 0.4) is 0 Å². The van der Waals surface area contributed by atoms with Crippen LogP contribution >= 0.6 is 0 Å². The fraction of sp³-hybridized carbons (Fsp3) is 0.429. The Bertz CT molecular complexity index is 533. The second-order valence-corrected chi connectivity index (χ2v) is 5.00. The molecule has 1 fully saturated rings. The van der Waals surface area contributed by atoms with Gasteiger partial charge in [0.1, 0.15) is 0 Å². The lowest BCUT2D eigenvalue weighted by Gasteiger charge is -2.32. The number of morpholine rings is 1. The number of carboxylic acid groups (broad SMARTS) is 1. The Labute approximate surface area is 123 Å². The van der Waals surface area contributed by atoms with Gasteiger partial charge in [-0.25, -0.2) is 9.59 Å². The maximum absolute atomic E-state index is 12.2. The van der Waals surface area contributed by atoms with Gasteiger partial charge in [-0.15, -0.1) is 0 Å². The maximum Gasteiger partial charge on any atom is 0.328 e. The number of nitrogens with zero attached hydrogens (tertiary/aromatic N) is 2. The highest BCUT2D eigenvalue weighted by Gasteiger charge is 2.32. The SMILES string of the molecule is CN(C)c1cccc(NC(=O)N2CCOCC2C(=O)O)c1. The maximum atomic E-state index is 12.2. The number of hydrogen-bond acceptors (Lipinski definition) is 4. The molecule has 0 radical (unpaired) electrons. The largest absolute Gasteiger partial charge is 0.480 e. The van der Waals surface area contributed by atoms with E-state index in [4.69, 9.17) is 9.84 Å². The third-order valence-corrected chi connectivity index (χ3v) is 3.29. The van der Waals surface area contributed by atoms with Crippen LogP contribution in [0.25, 0.3) is 0 Å². The number of urea groups is 1. The molecule has 0 spiro atoms. The average molecular weight is 293 g/mol. The summed E-state index contributed by atoms with van der Waals surface area (Å²) in [7, 11) is 3.81. The normalized spacial score (nSPS) is 18.2. The molecule has 1 heterocycles. The summed E-state index contributed by atoms with van der Waals surface area (Å²) < 4.78 is 5.12. The molecule has 0 aliphatic carbocycles. The quantitative estimate of drug-likeness (QED) is 0.871. The number of rotatable bonds is 3. The molecule has 1 aromatic carbocycles. The van der Waals surface area contributed by atoms with E-state index in [1.807, 2.05) is 37.2 Å². The summed E-state index contributed by atoms with van der Waals surface area (Å²) in [4.78, 5) is 26.6. The number of ether oxygens (including phenoxy) is 1. The third-order valence-electron chi connectivity index (χ3n) is 3.29. The van der Waals surface area contributed by atoms with Crippen molar-refractivity contribution in [3.63, 3.8) is 0 Å². The van der Waals surface area contributed by atoms with E-state index < -0.39 is 18.0 Å². The number of amides is 2. The summed E-state index contributed by atoms with van der Waals surface area (Å²) in [6.45, 7) is 0.617. The minimum Gasteiger partial charge on any atom is -0.480 e. The molecular weight excluding hydrogens is 274 g/mol. The second-order valence-electron chi connectivity index (χ2n) is 5.00. The highest BCUT2D eigenvalue weighted by Crippen LogP contribution is 2.18. The standard InChI is InChI=1S/C14H19N3O4/c1-16(2)11-5-3-4-10(8-11)15-14(20)17-6-7-21-9-12(17)13(18)19/h3-5,8,12H,6-7,9H2,1-2H3,(H,15,20)(H,18,19). The summed E-state index contributed by atoms with van der Waals surface area (Å²) in [6.07, 6.45) is 0. The van der Waals surface area contributed by atoms with Crippen molar-refractivity contribution in [3.8, 4) is 0 Å². The smallest absolute Gasteiger partial charge is 0.328 e. The van der Waals surface area contributed by atoms with Gasteiger partial charge < -0.3 is 25.0 Å². The lowest BCUT2D eigenvalue weighted by molar-refractivity contribution is -0.147. The first-order chi connectivity index (χ1) is 9.99. The van der Waals surface area contributed by atoms with Crippen LogP contribution in [-0.2, 0) is 9.53 Å². The number of hydrogen-bond donors (Lipinski definition) is 2. The van der Waals surface area contributed by atoms with Gasteiger partial charge in [-0.2, -0.15) is 0 Å². The number of carbonyl (C=O) groups excluding carboxylic acids is 1. The van der Waals surface area contributed by atoms with E-state index >= 15 is 0 Å². The van der Waals surface area contributed by atoms with Crippen molar-refractivity contribution >= 4 is 23.4 Å². The summed E-state index contributed by atoms with van der Waals surface area (Å²) in [5.74, 6) is -1.06. The van der Waals surface area contributed by atoms with Crippen LogP contribution in [0.5, 0.6) is 0 Å². The first-order valence-electron chi connectivity index (χ1n) is 6.64. The minimum atomic E-state index is -1.06. The molecule has 1 aliphatic heterocycles. The van der Waals surface area contributed by atoms with Gasteiger partial charge in [-0.1, -0.05) is 6.07 Å². The van der Waals surface area contributed by atoms with E-state index in [1.165, 1.54) is 4.90 Å². The molecule has 0 bridgehead atoms. The topological polar surface area (TPSA) is 82.1 Å². The average Bonchev–Trinajstić information content (AvgIpc) is 2.47. The zero-order valence-corrected chi connectivity index (χ0v) is 12.1. The van der Waals surface area contributed by atoms with Crippen LogP contribution in [0.15, 0.2) is 24.3 Å². The lowest BCUT2D eigenvalue weighted by atomic mass is 10.2. The lowest BCUT2D eigenvalue weighted by Crippen LogP contribution is -2.53. The summed E-state index contributed by atoms with van der Waals surface area (Å²) in [6, 6.07) is 5.97. The molecule has 2 amide bonds. The van der Waals surface area contributed by atoms with Crippen LogP contribution in [0.4, 0.5) is 16.2 Å². The fourth-order valence-corrected chi connectivity index (χ4v) is 2.11. The summed E-state index contributed by atoms with van der Waals surface area (Å²) >= 11 is 0. The van der Waals surface area contributed by atoms with Crippen LogP contribution < -0.4 is 10.2 Å². The Morgan fingerprint density at radius 2 is 2.19 bits per heavy atom. The number of nitrogens with one attached hydrogen (secondary N) is 1. The fourth-order valence-electron chi connectivity index (χ4n) is 2.11. The van der Waals surface area contributed by atoms with Crippen molar-refractivity contribution < 1.29 is 19.4 Å². The first kappa shape index (κ1) is 15.1. The van der Waals surface area contributed by atoms with Crippen molar-refractivity contribution in [3.05, 3.63) is 24.3 Å². The molecule has 1 saturated heterocycles. The Kier molecular flexibility index (Phi) is 4.64. The van der Waals surface area contributed by atoms with Crippen molar-refractivity contribution in [1.82, 2.24) is 4.90 Å². The number of benzene rings is 1. The summed E-state index contributed by atoms with van der Waals surface area (Å²) in [5, 5.41) is 11.9. The molecule has 2 N–H and O–H groups in total. The van der Waals surface area contributed by atoms with Crippen LogP contribution in [-0.4, -0.2) is 61.9 Å². The Morgan fingerprint density at radius 1 is 1.43 bits per heavy atom. The molecule has 2 rings (SSSR count). The molecule has 1 atom stereocenters. The molecule has 0 saturated carbocycles. The minimum absolute atomic E-state index is 0.0144. The van der Waals surface area contributed by atoms with Gasteiger partial charge in [0, 0.05) is 32.0 Å². The molecule has 1 aliphatic rings. The molecule has 1 unspecified atom stereocenters. The molecule has 7 nitrogen and oxygen atoms in total. The van der Waals surface area contributed by atoms with Gasteiger partial charge in [0.25, 0.3) is 0 Å². The van der Waals surface area contributed by atoms with Gasteiger partial charge >= 0.3 is 12.0 Å². The molecular formula is C14H19N3O4. The van der Waals surface area contributed by atoms with Crippen molar-refractivity contribution in [2.24, 2.45) is 0 Å².